The third-order valence-corrected chi connectivity index (χ3v) is 5.09. The standard InChI is InChI=1S/C19H29N5O2/c1-15(14-23-11-9-22(2)10-12-23)21-19(26)20-13-18(25)24-8-7-16-5-3-4-6-17(16)24/h3-6,15H,7-14H2,1-2H3,(H2,20,21,26). The van der Waals surface area contributed by atoms with Gasteiger partial charge in [0.2, 0.25) is 5.91 Å². The molecule has 1 aromatic carbocycles. The first kappa shape index (κ1) is 18.7. The molecule has 1 unspecified atom stereocenters. The van der Waals surface area contributed by atoms with Crippen molar-refractivity contribution in [3.63, 3.8) is 0 Å². The second kappa shape index (κ2) is 8.51. The van der Waals surface area contributed by atoms with Crippen molar-refractivity contribution in [1.29, 1.82) is 0 Å². The number of anilines is 1. The van der Waals surface area contributed by atoms with Gasteiger partial charge in [-0.2, -0.15) is 0 Å². The van der Waals surface area contributed by atoms with Crippen molar-refractivity contribution < 1.29 is 9.59 Å². The lowest BCUT2D eigenvalue weighted by Crippen LogP contribution is -2.52. The number of amides is 3. The highest BCUT2D eigenvalue weighted by molar-refractivity contribution is 5.98. The molecular formula is C19H29N5O2. The summed E-state index contributed by atoms with van der Waals surface area (Å²) < 4.78 is 0. The van der Waals surface area contributed by atoms with Crippen LogP contribution in [0, 0.1) is 0 Å². The largest absolute Gasteiger partial charge is 0.334 e. The van der Waals surface area contributed by atoms with Gasteiger partial charge in [-0.25, -0.2) is 4.79 Å². The highest BCUT2D eigenvalue weighted by atomic mass is 16.2. The Kier molecular flexibility index (Phi) is 6.11. The number of piperazine rings is 1. The Labute approximate surface area is 155 Å². The van der Waals surface area contributed by atoms with Gasteiger partial charge in [0.1, 0.15) is 0 Å². The Morgan fingerprint density at radius 2 is 1.85 bits per heavy atom. The summed E-state index contributed by atoms with van der Waals surface area (Å²) in [5.74, 6) is -0.0724. The maximum Gasteiger partial charge on any atom is 0.315 e. The SMILES string of the molecule is CC(CN1CCN(C)CC1)NC(=O)NCC(=O)N1CCc2ccccc21. The third-order valence-electron chi connectivity index (χ3n) is 5.09. The van der Waals surface area contributed by atoms with Gasteiger partial charge in [0.15, 0.2) is 0 Å². The van der Waals surface area contributed by atoms with Crippen LogP contribution in [0.15, 0.2) is 24.3 Å². The normalized spacial score (nSPS) is 19.1. The number of fused-ring (bicyclic) bond motifs is 1. The van der Waals surface area contributed by atoms with Crippen LogP contribution in [0.25, 0.3) is 0 Å². The van der Waals surface area contributed by atoms with E-state index in [0.29, 0.717) is 6.54 Å². The average Bonchev–Trinajstić information content (AvgIpc) is 3.06. The van der Waals surface area contributed by atoms with Crippen molar-refractivity contribution in [2.45, 2.75) is 19.4 Å². The van der Waals surface area contributed by atoms with Crippen molar-refractivity contribution in [1.82, 2.24) is 20.4 Å². The molecule has 3 rings (SSSR count). The number of urea groups is 1. The molecule has 1 saturated heterocycles. The maximum absolute atomic E-state index is 12.4. The molecule has 7 heteroatoms. The van der Waals surface area contributed by atoms with Crippen molar-refractivity contribution in [3.05, 3.63) is 29.8 Å². The Hall–Kier alpha value is -2.12. The van der Waals surface area contributed by atoms with Gasteiger partial charge in [-0.15, -0.1) is 0 Å². The van der Waals surface area contributed by atoms with Gasteiger partial charge in [-0.3, -0.25) is 9.69 Å². The topological polar surface area (TPSA) is 67.9 Å². The van der Waals surface area contributed by atoms with Crippen LogP contribution in [0.5, 0.6) is 0 Å². The van der Waals surface area contributed by atoms with E-state index in [4.69, 9.17) is 0 Å². The number of nitrogens with zero attached hydrogens (tertiary/aromatic N) is 3. The summed E-state index contributed by atoms with van der Waals surface area (Å²) in [6.45, 7) is 7.69. The fraction of sp³-hybridized carbons (Fsp3) is 0.579. The second-order valence-electron chi connectivity index (χ2n) is 7.26. The number of carbonyl (C=O) groups excluding carboxylic acids is 2. The molecule has 2 N–H and O–H groups in total. The number of benzene rings is 1. The lowest BCUT2D eigenvalue weighted by atomic mass is 10.2. The van der Waals surface area contributed by atoms with E-state index in [1.807, 2.05) is 31.2 Å². The van der Waals surface area contributed by atoms with Crippen LogP contribution < -0.4 is 15.5 Å². The molecule has 0 radical (unpaired) electrons. The third kappa shape index (κ3) is 4.74. The molecule has 2 aliphatic heterocycles. The van der Waals surface area contributed by atoms with Gasteiger partial charge >= 0.3 is 6.03 Å². The molecule has 0 aliphatic carbocycles. The van der Waals surface area contributed by atoms with Gasteiger partial charge in [0, 0.05) is 51.0 Å². The summed E-state index contributed by atoms with van der Waals surface area (Å²) in [7, 11) is 2.13. The van der Waals surface area contributed by atoms with E-state index >= 15 is 0 Å². The maximum atomic E-state index is 12.4. The zero-order valence-corrected chi connectivity index (χ0v) is 15.7. The first-order valence-corrected chi connectivity index (χ1v) is 9.36. The quantitative estimate of drug-likeness (QED) is 0.804. The van der Waals surface area contributed by atoms with Crippen LogP contribution >= 0.6 is 0 Å². The Bertz CT molecular complexity index is 643. The number of rotatable bonds is 5. The molecule has 0 spiro atoms. The van der Waals surface area contributed by atoms with E-state index in [1.54, 1.807) is 4.90 Å². The molecule has 0 saturated carbocycles. The molecule has 2 aliphatic rings. The molecular weight excluding hydrogens is 330 g/mol. The monoisotopic (exact) mass is 359 g/mol. The van der Waals surface area contributed by atoms with Crippen LogP contribution in [0.4, 0.5) is 10.5 Å². The number of para-hydroxylation sites is 1. The van der Waals surface area contributed by atoms with E-state index in [0.717, 1.165) is 44.8 Å². The first-order chi connectivity index (χ1) is 12.5. The lowest BCUT2D eigenvalue weighted by molar-refractivity contribution is -0.117. The summed E-state index contributed by atoms with van der Waals surface area (Å²) >= 11 is 0. The number of nitrogens with one attached hydrogen (secondary N) is 2. The van der Waals surface area contributed by atoms with E-state index in [-0.39, 0.29) is 24.5 Å². The summed E-state index contributed by atoms with van der Waals surface area (Å²) in [5, 5.41) is 5.62. The van der Waals surface area contributed by atoms with E-state index < -0.39 is 0 Å². The van der Waals surface area contributed by atoms with Crippen LogP contribution in [-0.2, 0) is 11.2 Å². The van der Waals surface area contributed by atoms with E-state index in [1.165, 1.54) is 5.56 Å². The summed E-state index contributed by atoms with van der Waals surface area (Å²) in [5.41, 5.74) is 2.15. The zero-order chi connectivity index (χ0) is 18.5. The van der Waals surface area contributed by atoms with E-state index in [9.17, 15) is 9.59 Å². The fourth-order valence-electron chi connectivity index (χ4n) is 3.59. The van der Waals surface area contributed by atoms with E-state index in [2.05, 4.69) is 27.5 Å². The molecule has 1 aromatic rings. The summed E-state index contributed by atoms with van der Waals surface area (Å²) in [6.07, 6.45) is 0.871. The minimum absolute atomic E-state index is 0.0153. The fourth-order valence-corrected chi connectivity index (χ4v) is 3.59. The number of carbonyl (C=O) groups is 2. The minimum atomic E-state index is -0.285. The summed E-state index contributed by atoms with van der Waals surface area (Å²) in [4.78, 5) is 30.9. The molecule has 2 heterocycles. The molecule has 0 bridgehead atoms. The summed E-state index contributed by atoms with van der Waals surface area (Å²) in [6, 6.07) is 7.68. The minimum Gasteiger partial charge on any atom is -0.334 e. The molecule has 1 fully saturated rings. The number of likely N-dealkylation sites (N-methyl/N-ethyl adjacent to an activating group) is 1. The molecule has 26 heavy (non-hydrogen) atoms. The average molecular weight is 359 g/mol. The van der Waals surface area contributed by atoms with Crippen molar-refractivity contribution in [2.75, 3.05) is 57.8 Å². The van der Waals surface area contributed by atoms with Gasteiger partial charge in [0.25, 0.3) is 0 Å². The predicted molar refractivity (Wildman–Crippen MR) is 102 cm³/mol. The van der Waals surface area contributed by atoms with Gasteiger partial charge in [0.05, 0.1) is 6.54 Å². The highest BCUT2D eigenvalue weighted by Gasteiger charge is 2.24. The van der Waals surface area contributed by atoms with Crippen molar-refractivity contribution in [3.8, 4) is 0 Å². The number of hydrogen-bond donors (Lipinski definition) is 2. The molecule has 3 amide bonds. The zero-order valence-electron chi connectivity index (χ0n) is 15.7. The van der Waals surface area contributed by atoms with Gasteiger partial charge in [-0.05, 0) is 32.0 Å². The molecule has 142 valence electrons. The van der Waals surface area contributed by atoms with Crippen molar-refractivity contribution >= 4 is 17.6 Å². The molecule has 0 aromatic heterocycles. The lowest BCUT2D eigenvalue weighted by Gasteiger charge is -2.34. The Morgan fingerprint density at radius 3 is 2.62 bits per heavy atom. The van der Waals surface area contributed by atoms with Crippen LogP contribution in [0.3, 0.4) is 0 Å². The highest BCUT2D eigenvalue weighted by Crippen LogP contribution is 2.27. The van der Waals surface area contributed by atoms with Gasteiger partial charge < -0.3 is 20.4 Å². The van der Waals surface area contributed by atoms with Crippen LogP contribution in [0.2, 0.25) is 0 Å². The van der Waals surface area contributed by atoms with Crippen LogP contribution in [-0.4, -0.2) is 80.6 Å². The van der Waals surface area contributed by atoms with Crippen molar-refractivity contribution in [2.24, 2.45) is 0 Å². The number of hydrogen-bond acceptors (Lipinski definition) is 4. The molecule has 7 nitrogen and oxygen atoms in total. The van der Waals surface area contributed by atoms with Crippen LogP contribution in [0.1, 0.15) is 12.5 Å². The Morgan fingerprint density at radius 1 is 1.12 bits per heavy atom. The van der Waals surface area contributed by atoms with Gasteiger partial charge in [-0.1, -0.05) is 18.2 Å². The Balaban J connectivity index is 1.39. The second-order valence-corrected chi connectivity index (χ2v) is 7.26. The predicted octanol–water partition coefficient (Wildman–Crippen LogP) is 0.511. The first-order valence-electron chi connectivity index (χ1n) is 9.36. The smallest absolute Gasteiger partial charge is 0.315 e. The molecule has 1 atom stereocenters.